The first kappa shape index (κ1) is 11.2. The lowest BCUT2D eigenvalue weighted by atomic mass is 10.1. The van der Waals surface area contributed by atoms with Crippen LogP contribution in [0.15, 0.2) is 6.07 Å². The Bertz CT molecular complexity index is 392. The Hall–Kier alpha value is -1.30. The molecule has 88 valence electrons. The molecule has 0 spiro atoms. The van der Waals surface area contributed by atoms with Crippen LogP contribution in [-0.4, -0.2) is 29.3 Å². The fourth-order valence-electron chi connectivity index (χ4n) is 1.73. The molecule has 2 heterocycles. The van der Waals surface area contributed by atoms with Crippen LogP contribution in [0.3, 0.4) is 0 Å². The number of anilines is 1. The number of piperidine rings is 1. The Balaban J connectivity index is 2.23. The highest BCUT2D eigenvalue weighted by atomic mass is 19.2. The topological polar surface area (TPSA) is 36.4 Å². The van der Waals surface area contributed by atoms with Gasteiger partial charge in [0.05, 0.1) is 6.10 Å². The van der Waals surface area contributed by atoms with Crippen LogP contribution in [0.2, 0.25) is 0 Å². The largest absolute Gasteiger partial charge is 0.393 e. The molecule has 6 heteroatoms. The number of aliphatic hydroxyl groups is 1. The predicted octanol–water partition coefficient (Wildman–Crippen LogP) is 1.46. The van der Waals surface area contributed by atoms with E-state index in [0.29, 0.717) is 32.0 Å². The summed E-state index contributed by atoms with van der Waals surface area (Å²) in [6, 6.07) is 0.489. The maximum Gasteiger partial charge on any atom is 0.251 e. The highest BCUT2D eigenvalue weighted by Crippen LogP contribution is 2.22. The number of aromatic nitrogens is 1. The van der Waals surface area contributed by atoms with E-state index in [4.69, 9.17) is 0 Å². The summed E-state index contributed by atoms with van der Waals surface area (Å²) in [5.41, 5.74) is 0. The molecule has 0 aliphatic carbocycles. The number of halogens is 3. The minimum absolute atomic E-state index is 0.189. The van der Waals surface area contributed by atoms with Gasteiger partial charge in [0.2, 0.25) is 0 Å². The summed E-state index contributed by atoms with van der Waals surface area (Å²) in [5, 5.41) is 9.27. The van der Waals surface area contributed by atoms with E-state index in [0.717, 1.165) is 0 Å². The second-order valence-corrected chi connectivity index (χ2v) is 3.78. The van der Waals surface area contributed by atoms with Crippen LogP contribution in [-0.2, 0) is 0 Å². The summed E-state index contributed by atoms with van der Waals surface area (Å²) >= 11 is 0. The van der Waals surface area contributed by atoms with E-state index in [-0.39, 0.29) is 5.82 Å². The zero-order chi connectivity index (χ0) is 11.7. The lowest BCUT2D eigenvalue weighted by molar-refractivity contribution is 0.145. The molecule has 1 aromatic heterocycles. The third-order valence-electron chi connectivity index (χ3n) is 2.63. The summed E-state index contributed by atoms with van der Waals surface area (Å²) in [7, 11) is 0. The SMILES string of the molecule is OC1CCN(c2nc(F)c(F)cc2F)CC1. The molecule has 0 aromatic carbocycles. The van der Waals surface area contributed by atoms with Crippen LogP contribution < -0.4 is 4.90 Å². The van der Waals surface area contributed by atoms with Crippen LogP contribution in [0.1, 0.15) is 12.8 Å². The standard InChI is InChI=1S/C10H11F3N2O/c11-7-5-8(12)10(14-9(7)13)15-3-1-6(16)2-4-15/h5-6,16H,1-4H2. The number of pyridine rings is 1. The molecule has 1 fully saturated rings. The summed E-state index contributed by atoms with van der Waals surface area (Å²) in [6.07, 6.45) is 0.532. The Morgan fingerprint density at radius 1 is 1.19 bits per heavy atom. The molecule has 2 rings (SSSR count). The van der Waals surface area contributed by atoms with E-state index in [2.05, 4.69) is 4.98 Å². The van der Waals surface area contributed by atoms with Gasteiger partial charge in [-0.1, -0.05) is 0 Å². The molecule has 3 nitrogen and oxygen atoms in total. The second kappa shape index (κ2) is 4.29. The summed E-state index contributed by atoms with van der Waals surface area (Å²) < 4.78 is 38.9. The molecule has 1 aromatic rings. The maximum absolute atomic E-state index is 13.3. The van der Waals surface area contributed by atoms with Crippen molar-refractivity contribution in [3.05, 3.63) is 23.6 Å². The van der Waals surface area contributed by atoms with Crippen molar-refractivity contribution in [1.82, 2.24) is 4.98 Å². The normalized spacial score (nSPS) is 17.9. The van der Waals surface area contributed by atoms with Gasteiger partial charge < -0.3 is 10.0 Å². The van der Waals surface area contributed by atoms with Gasteiger partial charge in [-0.2, -0.15) is 9.37 Å². The van der Waals surface area contributed by atoms with Gasteiger partial charge in [-0.15, -0.1) is 0 Å². The Morgan fingerprint density at radius 2 is 1.81 bits per heavy atom. The van der Waals surface area contributed by atoms with Crippen LogP contribution in [0.5, 0.6) is 0 Å². The van der Waals surface area contributed by atoms with Crippen molar-refractivity contribution in [1.29, 1.82) is 0 Å². The third-order valence-corrected chi connectivity index (χ3v) is 2.63. The van der Waals surface area contributed by atoms with Crippen molar-refractivity contribution >= 4 is 5.82 Å². The van der Waals surface area contributed by atoms with Crippen LogP contribution in [0.4, 0.5) is 19.0 Å². The highest BCUT2D eigenvalue weighted by molar-refractivity contribution is 5.40. The lowest BCUT2D eigenvalue weighted by Crippen LogP contribution is -2.37. The fraction of sp³-hybridized carbons (Fsp3) is 0.500. The van der Waals surface area contributed by atoms with Crippen LogP contribution >= 0.6 is 0 Å². The average Bonchev–Trinajstić information content (AvgIpc) is 2.25. The molecule has 0 saturated carbocycles. The molecule has 0 bridgehead atoms. The minimum Gasteiger partial charge on any atom is -0.393 e. The third kappa shape index (κ3) is 2.11. The summed E-state index contributed by atoms with van der Waals surface area (Å²) in [5.74, 6) is -3.66. The quantitative estimate of drug-likeness (QED) is 0.745. The van der Waals surface area contributed by atoms with Crippen molar-refractivity contribution < 1.29 is 18.3 Å². The number of hydrogen-bond donors (Lipinski definition) is 1. The Morgan fingerprint density at radius 3 is 2.44 bits per heavy atom. The summed E-state index contributed by atoms with van der Waals surface area (Å²) in [6.45, 7) is 0.770. The van der Waals surface area contributed by atoms with Gasteiger partial charge >= 0.3 is 0 Å². The van der Waals surface area contributed by atoms with Crippen molar-refractivity contribution in [3.63, 3.8) is 0 Å². The van der Waals surface area contributed by atoms with E-state index < -0.39 is 23.7 Å². The van der Waals surface area contributed by atoms with Crippen molar-refractivity contribution in [3.8, 4) is 0 Å². The molecule has 1 aliphatic heterocycles. The fourth-order valence-corrected chi connectivity index (χ4v) is 1.73. The first-order valence-corrected chi connectivity index (χ1v) is 5.02. The van der Waals surface area contributed by atoms with Gasteiger partial charge in [0.1, 0.15) is 0 Å². The molecule has 0 radical (unpaired) electrons. The van der Waals surface area contributed by atoms with E-state index in [1.165, 1.54) is 4.90 Å². The number of rotatable bonds is 1. The Kier molecular flexibility index (Phi) is 3.00. The molecule has 1 N–H and O–H groups in total. The van der Waals surface area contributed by atoms with E-state index >= 15 is 0 Å². The molecule has 16 heavy (non-hydrogen) atoms. The van der Waals surface area contributed by atoms with Gasteiger partial charge in [-0.3, -0.25) is 0 Å². The lowest BCUT2D eigenvalue weighted by Gasteiger charge is -2.30. The molecule has 0 unspecified atom stereocenters. The van der Waals surface area contributed by atoms with Crippen LogP contribution in [0, 0.1) is 17.6 Å². The van der Waals surface area contributed by atoms with E-state index in [1.54, 1.807) is 0 Å². The van der Waals surface area contributed by atoms with Gasteiger partial charge in [-0.25, -0.2) is 8.78 Å². The second-order valence-electron chi connectivity index (χ2n) is 3.78. The van der Waals surface area contributed by atoms with Crippen molar-refractivity contribution in [2.24, 2.45) is 0 Å². The first-order valence-electron chi connectivity index (χ1n) is 5.02. The molecule has 0 amide bonds. The van der Waals surface area contributed by atoms with Crippen molar-refractivity contribution in [2.75, 3.05) is 18.0 Å². The van der Waals surface area contributed by atoms with Crippen molar-refractivity contribution in [2.45, 2.75) is 18.9 Å². The molecule has 1 saturated heterocycles. The first-order chi connectivity index (χ1) is 7.58. The minimum atomic E-state index is -1.30. The molecule has 1 aliphatic rings. The number of nitrogens with zero attached hydrogens (tertiary/aromatic N) is 2. The van der Waals surface area contributed by atoms with E-state index in [9.17, 15) is 18.3 Å². The molecule has 0 atom stereocenters. The van der Waals surface area contributed by atoms with Gasteiger partial charge in [-0.05, 0) is 12.8 Å². The zero-order valence-electron chi connectivity index (χ0n) is 8.46. The molecular formula is C10H11F3N2O. The zero-order valence-corrected chi connectivity index (χ0v) is 8.46. The predicted molar refractivity (Wildman–Crippen MR) is 51.6 cm³/mol. The smallest absolute Gasteiger partial charge is 0.251 e. The van der Waals surface area contributed by atoms with Gasteiger partial charge in [0.15, 0.2) is 17.5 Å². The van der Waals surface area contributed by atoms with E-state index in [1.807, 2.05) is 0 Å². The number of hydrogen-bond acceptors (Lipinski definition) is 3. The number of aliphatic hydroxyl groups excluding tert-OH is 1. The van der Waals surface area contributed by atoms with Gasteiger partial charge in [0, 0.05) is 19.2 Å². The highest BCUT2D eigenvalue weighted by Gasteiger charge is 2.22. The maximum atomic E-state index is 13.3. The van der Waals surface area contributed by atoms with Gasteiger partial charge in [0.25, 0.3) is 5.95 Å². The summed E-state index contributed by atoms with van der Waals surface area (Å²) in [4.78, 5) is 4.75. The Labute approximate surface area is 90.5 Å². The van der Waals surface area contributed by atoms with Crippen LogP contribution in [0.25, 0.3) is 0 Å². The molecular weight excluding hydrogens is 221 g/mol. The monoisotopic (exact) mass is 232 g/mol. The average molecular weight is 232 g/mol.